The molecule has 0 saturated carbocycles. The first-order chi connectivity index (χ1) is 9.60. The van der Waals surface area contributed by atoms with E-state index in [9.17, 15) is 9.18 Å². The van der Waals surface area contributed by atoms with Crippen LogP contribution in [-0.4, -0.2) is 23.0 Å². The number of aromatic nitrogens is 2. The third-order valence-electron chi connectivity index (χ3n) is 2.51. The summed E-state index contributed by atoms with van der Waals surface area (Å²) < 4.78 is 18.0. The number of nitrogens with one attached hydrogen (secondary N) is 1. The summed E-state index contributed by atoms with van der Waals surface area (Å²) in [6, 6.07) is 4.48. The fourth-order valence-electron chi connectivity index (χ4n) is 1.50. The van der Waals surface area contributed by atoms with Crippen molar-refractivity contribution in [2.75, 3.05) is 7.11 Å². The highest BCUT2D eigenvalue weighted by Gasteiger charge is 2.12. The van der Waals surface area contributed by atoms with E-state index in [2.05, 4.69) is 15.3 Å². The highest BCUT2D eigenvalue weighted by Crippen LogP contribution is 2.14. The predicted molar refractivity (Wildman–Crippen MR) is 71.2 cm³/mol. The van der Waals surface area contributed by atoms with Crippen molar-refractivity contribution in [1.82, 2.24) is 15.3 Å². The maximum absolute atomic E-state index is 13.0. The Hall–Kier alpha value is -2.21. The van der Waals surface area contributed by atoms with Gasteiger partial charge in [-0.15, -0.1) is 0 Å². The van der Waals surface area contributed by atoms with Crippen LogP contribution in [0.4, 0.5) is 4.39 Å². The van der Waals surface area contributed by atoms with Crippen molar-refractivity contribution in [3.05, 3.63) is 52.7 Å². The Morgan fingerprint density at radius 3 is 2.85 bits per heavy atom. The Bertz CT molecular complexity index is 620. The van der Waals surface area contributed by atoms with Crippen molar-refractivity contribution in [2.45, 2.75) is 6.54 Å². The van der Waals surface area contributed by atoms with E-state index in [1.165, 1.54) is 7.11 Å². The highest BCUT2D eigenvalue weighted by molar-refractivity contribution is 6.32. The summed E-state index contributed by atoms with van der Waals surface area (Å²) in [5, 5.41) is 2.57. The molecule has 2 heterocycles. The summed E-state index contributed by atoms with van der Waals surface area (Å²) in [5.74, 6) is -0.638. The van der Waals surface area contributed by atoms with Crippen molar-refractivity contribution in [3.63, 3.8) is 0 Å². The van der Waals surface area contributed by atoms with Gasteiger partial charge in [0.1, 0.15) is 11.0 Å². The number of hydrogen-bond acceptors (Lipinski definition) is 4. The van der Waals surface area contributed by atoms with Crippen LogP contribution >= 0.6 is 11.6 Å². The molecular weight excluding hydrogens is 285 g/mol. The van der Waals surface area contributed by atoms with Crippen molar-refractivity contribution >= 4 is 17.5 Å². The quantitative estimate of drug-likeness (QED) is 0.878. The maximum atomic E-state index is 13.0. The number of pyridine rings is 2. The number of nitrogens with zero attached hydrogens (tertiary/aromatic N) is 2. The Morgan fingerprint density at radius 2 is 2.20 bits per heavy atom. The maximum Gasteiger partial charge on any atom is 0.254 e. The van der Waals surface area contributed by atoms with Gasteiger partial charge in [0.25, 0.3) is 5.91 Å². The number of hydrogen-bond donors (Lipinski definition) is 1. The second-order valence-corrected chi connectivity index (χ2v) is 4.24. The lowest BCUT2D eigenvalue weighted by molar-refractivity contribution is 0.0950. The normalized spacial score (nSPS) is 10.2. The van der Waals surface area contributed by atoms with Gasteiger partial charge in [-0.1, -0.05) is 17.7 Å². The van der Waals surface area contributed by atoms with Gasteiger partial charge in [0, 0.05) is 18.8 Å². The van der Waals surface area contributed by atoms with E-state index >= 15 is 0 Å². The fourth-order valence-corrected chi connectivity index (χ4v) is 1.68. The minimum absolute atomic E-state index is 0.00635. The summed E-state index contributed by atoms with van der Waals surface area (Å²) >= 11 is 5.74. The van der Waals surface area contributed by atoms with Gasteiger partial charge in [-0.05, 0) is 11.6 Å². The van der Waals surface area contributed by atoms with Crippen LogP contribution in [0, 0.1) is 5.82 Å². The molecule has 0 atom stereocenters. The molecule has 104 valence electrons. The standard InChI is InChI=1S/C13H11ClFN3O2/c1-20-11-3-2-8(5-16-11)6-18-13(19)10-4-9(15)7-17-12(10)14/h2-5,7H,6H2,1H3,(H,18,19). The van der Waals surface area contributed by atoms with Crippen LogP contribution in [0.15, 0.2) is 30.6 Å². The molecule has 0 unspecified atom stereocenters. The molecule has 0 aliphatic heterocycles. The number of amides is 1. The number of carbonyl (C=O) groups excluding carboxylic acids is 1. The van der Waals surface area contributed by atoms with Gasteiger partial charge in [-0.25, -0.2) is 14.4 Å². The van der Waals surface area contributed by atoms with Crippen LogP contribution in [0.3, 0.4) is 0 Å². The van der Waals surface area contributed by atoms with Crippen LogP contribution in [0.2, 0.25) is 5.15 Å². The van der Waals surface area contributed by atoms with E-state index in [-0.39, 0.29) is 17.3 Å². The lowest BCUT2D eigenvalue weighted by Crippen LogP contribution is -2.23. The Balaban J connectivity index is 2.02. The number of halogens is 2. The third-order valence-corrected chi connectivity index (χ3v) is 2.81. The number of rotatable bonds is 4. The SMILES string of the molecule is COc1ccc(CNC(=O)c2cc(F)cnc2Cl)cn1. The van der Waals surface area contributed by atoms with E-state index < -0.39 is 11.7 Å². The lowest BCUT2D eigenvalue weighted by Gasteiger charge is -2.07. The monoisotopic (exact) mass is 295 g/mol. The van der Waals surface area contributed by atoms with Crippen molar-refractivity contribution in [3.8, 4) is 5.88 Å². The lowest BCUT2D eigenvalue weighted by atomic mass is 10.2. The van der Waals surface area contributed by atoms with Gasteiger partial charge >= 0.3 is 0 Å². The van der Waals surface area contributed by atoms with Crippen molar-refractivity contribution in [1.29, 1.82) is 0 Å². The number of methoxy groups -OCH3 is 1. The Labute approximate surface area is 119 Å². The molecule has 0 radical (unpaired) electrons. The number of ether oxygens (including phenoxy) is 1. The topological polar surface area (TPSA) is 64.1 Å². The third kappa shape index (κ3) is 3.42. The van der Waals surface area contributed by atoms with Gasteiger partial charge < -0.3 is 10.1 Å². The fraction of sp³-hybridized carbons (Fsp3) is 0.154. The second-order valence-electron chi connectivity index (χ2n) is 3.88. The molecule has 0 fully saturated rings. The Morgan fingerprint density at radius 1 is 1.40 bits per heavy atom. The first kappa shape index (κ1) is 14.2. The molecule has 20 heavy (non-hydrogen) atoms. The average Bonchev–Trinajstić information content (AvgIpc) is 2.47. The highest BCUT2D eigenvalue weighted by atomic mass is 35.5. The van der Waals surface area contributed by atoms with E-state index in [1.54, 1.807) is 18.3 Å². The molecule has 0 spiro atoms. The van der Waals surface area contributed by atoms with Gasteiger partial charge in [0.15, 0.2) is 0 Å². The van der Waals surface area contributed by atoms with Gasteiger partial charge in [0.2, 0.25) is 5.88 Å². The smallest absolute Gasteiger partial charge is 0.254 e. The van der Waals surface area contributed by atoms with Crippen LogP contribution in [-0.2, 0) is 6.54 Å². The van der Waals surface area contributed by atoms with Crippen LogP contribution < -0.4 is 10.1 Å². The largest absolute Gasteiger partial charge is 0.481 e. The van der Waals surface area contributed by atoms with E-state index in [0.29, 0.717) is 5.88 Å². The average molecular weight is 296 g/mol. The molecule has 0 bridgehead atoms. The van der Waals surface area contributed by atoms with Crippen LogP contribution in [0.5, 0.6) is 5.88 Å². The second kappa shape index (κ2) is 6.29. The zero-order valence-electron chi connectivity index (χ0n) is 10.6. The number of carbonyl (C=O) groups is 1. The summed E-state index contributed by atoms with van der Waals surface area (Å²) in [6.07, 6.45) is 2.52. The predicted octanol–water partition coefficient (Wildman–Crippen LogP) is 2.21. The molecule has 0 aromatic carbocycles. The molecule has 2 aromatic rings. The molecule has 2 aromatic heterocycles. The zero-order valence-corrected chi connectivity index (χ0v) is 11.3. The summed E-state index contributed by atoms with van der Waals surface area (Å²) in [4.78, 5) is 19.5. The summed E-state index contributed by atoms with van der Waals surface area (Å²) in [5.41, 5.74) is 0.771. The molecule has 0 saturated heterocycles. The first-order valence-electron chi connectivity index (χ1n) is 5.68. The van der Waals surface area contributed by atoms with Crippen molar-refractivity contribution < 1.29 is 13.9 Å². The minimum atomic E-state index is -0.620. The van der Waals surface area contributed by atoms with E-state index in [1.807, 2.05) is 0 Å². The van der Waals surface area contributed by atoms with Gasteiger partial charge in [-0.3, -0.25) is 4.79 Å². The minimum Gasteiger partial charge on any atom is -0.481 e. The first-order valence-corrected chi connectivity index (χ1v) is 6.06. The molecule has 7 heteroatoms. The van der Waals surface area contributed by atoms with Gasteiger partial charge in [0.05, 0.1) is 18.9 Å². The molecule has 0 aliphatic carbocycles. The van der Waals surface area contributed by atoms with E-state index in [0.717, 1.165) is 17.8 Å². The molecule has 0 aliphatic rings. The molecule has 2 rings (SSSR count). The van der Waals surface area contributed by atoms with Crippen LogP contribution in [0.1, 0.15) is 15.9 Å². The zero-order chi connectivity index (χ0) is 14.5. The van der Waals surface area contributed by atoms with Crippen LogP contribution in [0.25, 0.3) is 0 Å². The Kier molecular flexibility index (Phi) is 4.47. The summed E-state index contributed by atoms with van der Waals surface area (Å²) in [6.45, 7) is 0.239. The summed E-state index contributed by atoms with van der Waals surface area (Å²) in [7, 11) is 1.52. The van der Waals surface area contributed by atoms with Gasteiger partial charge in [-0.2, -0.15) is 0 Å². The van der Waals surface area contributed by atoms with E-state index in [4.69, 9.17) is 16.3 Å². The molecule has 5 nitrogen and oxygen atoms in total. The van der Waals surface area contributed by atoms with Crippen molar-refractivity contribution in [2.24, 2.45) is 0 Å². The molecule has 1 N–H and O–H groups in total. The molecular formula is C13H11ClFN3O2. The molecule has 1 amide bonds.